The lowest BCUT2D eigenvalue weighted by atomic mass is 10.1. The third-order valence-electron chi connectivity index (χ3n) is 5.01. The summed E-state index contributed by atoms with van der Waals surface area (Å²) in [6, 6.07) is 26.5. The molecule has 2 amide bonds. The number of rotatable bonds is 9. The molecule has 4 aromatic rings. The first-order chi connectivity index (χ1) is 17.5. The second-order valence-corrected chi connectivity index (χ2v) is 10.1. The van der Waals surface area contributed by atoms with E-state index in [0.717, 1.165) is 9.77 Å². The fourth-order valence-corrected chi connectivity index (χ4v) is 4.74. The van der Waals surface area contributed by atoms with Crippen molar-refractivity contribution in [3.63, 3.8) is 0 Å². The minimum Gasteiger partial charge on any atom is -0.321 e. The molecule has 0 saturated heterocycles. The maximum absolute atomic E-state index is 13.0. The van der Waals surface area contributed by atoms with Crippen LogP contribution in [-0.4, -0.2) is 23.4 Å². The summed E-state index contributed by atoms with van der Waals surface area (Å²) < 4.78 is 0. The first-order valence-electron chi connectivity index (χ1n) is 10.9. The zero-order valence-corrected chi connectivity index (χ0v) is 21.3. The van der Waals surface area contributed by atoms with Crippen LogP contribution >= 0.6 is 34.7 Å². The van der Waals surface area contributed by atoms with Crippen LogP contribution in [0.25, 0.3) is 6.08 Å². The maximum atomic E-state index is 13.0. The molecule has 4 rings (SSSR count). The van der Waals surface area contributed by atoms with Gasteiger partial charge in [-0.25, -0.2) is 0 Å². The van der Waals surface area contributed by atoms with Crippen molar-refractivity contribution in [2.24, 2.45) is 0 Å². The molecule has 0 radical (unpaired) electrons. The normalized spacial score (nSPS) is 11.1. The SMILES string of the molecule is O=C(Nc1ccc(SCC(=O)c2ccc(Cl)cc2)cc1)/C(=C/c1cccs1)NC(=O)c1ccccc1. The van der Waals surface area contributed by atoms with Crippen molar-refractivity contribution >= 4 is 64.1 Å². The number of benzene rings is 3. The van der Waals surface area contributed by atoms with Crippen molar-refractivity contribution in [1.82, 2.24) is 5.32 Å². The van der Waals surface area contributed by atoms with Gasteiger partial charge in [0.05, 0.1) is 5.75 Å². The van der Waals surface area contributed by atoms with E-state index in [9.17, 15) is 14.4 Å². The average molecular weight is 533 g/mol. The van der Waals surface area contributed by atoms with Gasteiger partial charge in [0, 0.05) is 31.6 Å². The highest BCUT2D eigenvalue weighted by Gasteiger charge is 2.15. The van der Waals surface area contributed by atoms with Gasteiger partial charge in [0.1, 0.15) is 5.70 Å². The highest BCUT2D eigenvalue weighted by Crippen LogP contribution is 2.22. The topological polar surface area (TPSA) is 75.3 Å². The van der Waals surface area contributed by atoms with Crippen LogP contribution in [0.5, 0.6) is 0 Å². The van der Waals surface area contributed by atoms with Crippen molar-refractivity contribution in [2.45, 2.75) is 4.90 Å². The summed E-state index contributed by atoms with van der Waals surface area (Å²) in [5, 5.41) is 8.04. The number of amides is 2. The molecule has 3 aromatic carbocycles. The monoisotopic (exact) mass is 532 g/mol. The number of hydrogen-bond donors (Lipinski definition) is 2. The Hall–Kier alpha value is -3.65. The Balaban J connectivity index is 1.40. The van der Waals surface area contributed by atoms with Crippen molar-refractivity contribution in [3.8, 4) is 0 Å². The molecule has 0 aliphatic carbocycles. The summed E-state index contributed by atoms with van der Waals surface area (Å²) in [6.45, 7) is 0. The van der Waals surface area contributed by atoms with Crippen LogP contribution in [0.1, 0.15) is 25.6 Å². The van der Waals surface area contributed by atoms with Gasteiger partial charge in [0.25, 0.3) is 11.8 Å². The van der Waals surface area contributed by atoms with E-state index >= 15 is 0 Å². The third kappa shape index (κ3) is 7.18. The molecular weight excluding hydrogens is 512 g/mol. The van der Waals surface area contributed by atoms with Gasteiger partial charge in [-0.1, -0.05) is 35.9 Å². The summed E-state index contributed by atoms with van der Waals surface area (Å²) in [4.78, 5) is 39.8. The molecule has 0 spiro atoms. The van der Waals surface area contributed by atoms with E-state index in [1.165, 1.54) is 23.1 Å². The van der Waals surface area contributed by atoms with Gasteiger partial charge in [0.15, 0.2) is 5.78 Å². The highest BCUT2D eigenvalue weighted by atomic mass is 35.5. The lowest BCUT2D eigenvalue weighted by Crippen LogP contribution is -2.30. The quantitative estimate of drug-likeness (QED) is 0.141. The summed E-state index contributed by atoms with van der Waals surface area (Å²) in [7, 11) is 0. The zero-order chi connectivity index (χ0) is 25.3. The number of Topliss-reactive ketones (excluding diaryl/α,β-unsaturated/α-hetero) is 1. The molecule has 0 fully saturated rings. The Labute approximate surface area is 222 Å². The van der Waals surface area contributed by atoms with E-state index in [4.69, 9.17) is 11.6 Å². The number of carbonyl (C=O) groups excluding carboxylic acids is 3. The summed E-state index contributed by atoms with van der Waals surface area (Å²) in [5.41, 5.74) is 1.77. The lowest BCUT2D eigenvalue weighted by Gasteiger charge is -2.11. The van der Waals surface area contributed by atoms with E-state index in [1.807, 2.05) is 35.7 Å². The molecule has 2 N–H and O–H groups in total. The van der Waals surface area contributed by atoms with Crippen LogP contribution in [0.15, 0.2) is 107 Å². The third-order valence-corrected chi connectivity index (χ3v) is 7.09. The minimum absolute atomic E-state index is 0.00607. The fourth-order valence-electron chi connectivity index (χ4n) is 3.16. The summed E-state index contributed by atoms with van der Waals surface area (Å²) >= 11 is 8.75. The van der Waals surface area contributed by atoms with Crippen molar-refractivity contribution in [1.29, 1.82) is 0 Å². The van der Waals surface area contributed by atoms with Crippen LogP contribution in [-0.2, 0) is 4.79 Å². The predicted octanol–water partition coefficient (Wildman–Crippen LogP) is 6.79. The lowest BCUT2D eigenvalue weighted by molar-refractivity contribution is -0.113. The zero-order valence-electron chi connectivity index (χ0n) is 18.9. The molecule has 0 aliphatic rings. The number of anilines is 1. The highest BCUT2D eigenvalue weighted by molar-refractivity contribution is 8.00. The van der Waals surface area contributed by atoms with Crippen LogP contribution in [0.4, 0.5) is 5.69 Å². The Kier molecular flexibility index (Phi) is 8.73. The molecule has 0 bridgehead atoms. The number of halogens is 1. The van der Waals surface area contributed by atoms with Crippen molar-refractivity contribution in [3.05, 3.63) is 123 Å². The first kappa shape index (κ1) is 25.4. The van der Waals surface area contributed by atoms with E-state index in [1.54, 1.807) is 66.7 Å². The Morgan fingerprint density at radius 2 is 1.56 bits per heavy atom. The largest absolute Gasteiger partial charge is 0.321 e. The summed E-state index contributed by atoms with van der Waals surface area (Å²) in [5.74, 6) is -0.518. The van der Waals surface area contributed by atoms with Gasteiger partial charge in [-0.05, 0) is 78.2 Å². The van der Waals surface area contributed by atoms with E-state index in [2.05, 4.69) is 10.6 Å². The van der Waals surface area contributed by atoms with Crippen LogP contribution < -0.4 is 10.6 Å². The second kappa shape index (κ2) is 12.4. The smallest absolute Gasteiger partial charge is 0.272 e. The molecule has 1 heterocycles. The van der Waals surface area contributed by atoms with Crippen molar-refractivity contribution < 1.29 is 14.4 Å². The van der Waals surface area contributed by atoms with E-state index in [0.29, 0.717) is 21.8 Å². The molecule has 0 saturated carbocycles. The van der Waals surface area contributed by atoms with Gasteiger partial charge in [-0.3, -0.25) is 14.4 Å². The molecule has 8 heteroatoms. The standard InChI is InChI=1S/C28H21ClN2O3S2/c29-21-10-8-19(9-11-21)26(32)18-36-23-14-12-22(13-15-23)30-28(34)25(17-24-7-4-16-35-24)31-27(33)20-5-2-1-3-6-20/h1-17H,18H2,(H,30,34)(H,31,33)/b25-17-. The summed E-state index contributed by atoms with van der Waals surface area (Å²) in [6.07, 6.45) is 1.65. The Bertz CT molecular complexity index is 1370. The molecule has 180 valence electrons. The van der Waals surface area contributed by atoms with Gasteiger partial charge in [-0.15, -0.1) is 23.1 Å². The molecule has 0 atom stereocenters. The average Bonchev–Trinajstić information content (AvgIpc) is 3.42. The molecular formula is C28H21ClN2O3S2. The van der Waals surface area contributed by atoms with Crippen LogP contribution in [0, 0.1) is 0 Å². The molecule has 5 nitrogen and oxygen atoms in total. The van der Waals surface area contributed by atoms with Crippen LogP contribution in [0.2, 0.25) is 5.02 Å². The Morgan fingerprint density at radius 1 is 0.833 bits per heavy atom. The minimum atomic E-state index is -0.439. The fraction of sp³-hybridized carbons (Fsp3) is 0.0357. The molecule has 0 aliphatic heterocycles. The van der Waals surface area contributed by atoms with Gasteiger partial charge < -0.3 is 10.6 Å². The molecule has 0 unspecified atom stereocenters. The van der Waals surface area contributed by atoms with Gasteiger partial charge >= 0.3 is 0 Å². The van der Waals surface area contributed by atoms with Crippen molar-refractivity contribution in [2.75, 3.05) is 11.1 Å². The molecule has 1 aromatic heterocycles. The van der Waals surface area contributed by atoms with E-state index in [-0.39, 0.29) is 23.1 Å². The van der Waals surface area contributed by atoms with Gasteiger partial charge in [0.2, 0.25) is 0 Å². The maximum Gasteiger partial charge on any atom is 0.272 e. The number of nitrogens with one attached hydrogen (secondary N) is 2. The second-order valence-electron chi connectivity index (χ2n) is 7.59. The number of carbonyl (C=O) groups is 3. The number of thioether (sulfide) groups is 1. The number of ketones is 1. The van der Waals surface area contributed by atoms with Gasteiger partial charge in [-0.2, -0.15) is 0 Å². The first-order valence-corrected chi connectivity index (χ1v) is 13.2. The molecule has 36 heavy (non-hydrogen) atoms. The number of thiophene rings is 1. The predicted molar refractivity (Wildman–Crippen MR) is 148 cm³/mol. The Morgan fingerprint density at radius 3 is 2.22 bits per heavy atom. The van der Waals surface area contributed by atoms with E-state index < -0.39 is 5.91 Å². The van der Waals surface area contributed by atoms with Crippen LogP contribution in [0.3, 0.4) is 0 Å². The number of hydrogen-bond acceptors (Lipinski definition) is 5.